The first kappa shape index (κ1) is 23.1. The lowest BCUT2D eigenvalue weighted by molar-refractivity contribution is -0.394. The maximum Gasteiger partial charge on any atom is 0.317 e. The van der Waals surface area contributed by atoms with Crippen LogP contribution >= 0.6 is 0 Å². The van der Waals surface area contributed by atoms with Crippen LogP contribution in [0.3, 0.4) is 0 Å². The van der Waals surface area contributed by atoms with Crippen LogP contribution in [0, 0.1) is 20.2 Å². The predicted octanol–water partition coefficient (Wildman–Crippen LogP) is 4.16. The second-order valence-electron chi connectivity index (χ2n) is 6.26. The van der Waals surface area contributed by atoms with Crippen molar-refractivity contribution < 1.29 is 27.3 Å². The summed E-state index contributed by atoms with van der Waals surface area (Å²) in [4.78, 5) is 32.2. The monoisotopic (exact) mass is 471 g/mol. The van der Waals surface area contributed by atoms with E-state index >= 15 is 0 Å². The van der Waals surface area contributed by atoms with Crippen LogP contribution in [0.25, 0.3) is 0 Å². The van der Waals surface area contributed by atoms with Crippen molar-refractivity contribution in [2.75, 3.05) is 5.48 Å². The van der Waals surface area contributed by atoms with Crippen LogP contribution in [-0.2, 0) is 14.4 Å². The van der Waals surface area contributed by atoms with Crippen molar-refractivity contribution in [3.05, 3.63) is 98.6 Å². The zero-order valence-corrected chi connectivity index (χ0v) is 17.2. The molecule has 3 aromatic carbocycles. The maximum absolute atomic E-state index is 12.2. The van der Waals surface area contributed by atoms with Gasteiger partial charge in [0.15, 0.2) is 0 Å². The molecule has 0 aliphatic heterocycles. The molecule has 0 atom stereocenters. The van der Waals surface area contributed by atoms with Gasteiger partial charge >= 0.3 is 10.1 Å². The molecule has 0 spiro atoms. The lowest BCUT2D eigenvalue weighted by atomic mass is 10.1. The molecule has 1 N–H and O–H groups in total. The number of carbonyl (C=O) groups is 1. The van der Waals surface area contributed by atoms with Crippen molar-refractivity contribution in [2.24, 2.45) is 10.2 Å². The summed E-state index contributed by atoms with van der Waals surface area (Å²) >= 11 is 0. The van der Waals surface area contributed by atoms with Crippen LogP contribution in [-0.4, -0.2) is 24.2 Å². The quantitative estimate of drug-likeness (QED) is 0.286. The number of nitrogens with zero attached hydrogens (tertiary/aromatic N) is 4. The first-order valence-electron chi connectivity index (χ1n) is 8.90. The minimum absolute atomic E-state index is 0.0391. The molecule has 13 nitrogen and oxygen atoms in total. The Bertz CT molecular complexity index is 1310. The Morgan fingerprint density at radius 1 is 0.879 bits per heavy atom. The van der Waals surface area contributed by atoms with Crippen LogP contribution in [0.15, 0.2) is 87.9 Å². The highest BCUT2D eigenvalue weighted by Gasteiger charge is 2.20. The summed E-state index contributed by atoms with van der Waals surface area (Å²) in [6.07, 6.45) is 0. The molecule has 33 heavy (non-hydrogen) atoms. The summed E-state index contributed by atoms with van der Waals surface area (Å²) in [6.45, 7) is 0. The minimum atomic E-state index is -4.03. The van der Waals surface area contributed by atoms with Crippen molar-refractivity contribution in [1.29, 1.82) is 0 Å². The van der Waals surface area contributed by atoms with E-state index in [4.69, 9.17) is 4.28 Å². The zero-order valence-electron chi connectivity index (χ0n) is 16.4. The Hall–Kier alpha value is -4.56. The number of nitro groups is 2. The molecule has 0 radical (unpaired) electrons. The van der Waals surface area contributed by atoms with E-state index < -0.39 is 37.2 Å². The number of amides is 1. The normalized spacial score (nSPS) is 11.3. The maximum atomic E-state index is 12.2. The largest absolute Gasteiger partial charge is 0.317 e. The minimum Gasteiger partial charge on any atom is -0.265 e. The van der Waals surface area contributed by atoms with Gasteiger partial charge in [0, 0.05) is 12.1 Å². The van der Waals surface area contributed by atoms with E-state index in [1.165, 1.54) is 36.4 Å². The molecule has 0 heterocycles. The topological polar surface area (TPSA) is 183 Å². The third-order valence-electron chi connectivity index (χ3n) is 4.00. The molecule has 0 saturated carbocycles. The van der Waals surface area contributed by atoms with Gasteiger partial charge in [0.25, 0.3) is 17.3 Å². The van der Waals surface area contributed by atoms with Gasteiger partial charge in [-0.05, 0) is 36.4 Å². The molecule has 1 amide bonds. The number of hydrogen-bond acceptors (Lipinski definition) is 10. The summed E-state index contributed by atoms with van der Waals surface area (Å²) < 4.78 is 28.9. The van der Waals surface area contributed by atoms with E-state index in [0.717, 1.165) is 18.2 Å². The summed E-state index contributed by atoms with van der Waals surface area (Å²) in [6, 6.07) is 15.5. The van der Waals surface area contributed by atoms with Crippen LogP contribution < -0.4 is 5.48 Å². The van der Waals surface area contributed by atoms with Crippen molar-refractivity contribution >= 4 is 38.8 Å². The lowest BCUT2D eigenvalue weighted by Gasteiger charge is -2.07. The van der Waals surface area contributed by atoms with Gasteiger partial charge in [-0.1, -0.05) is 18.2 Å². The van der Waals surface area contributed by atoms with E-state index in [2.05, 4.69) is 15.7 Å². The molecule has 14 heteroatoms. The highest BCUT2D eigenvalue weighted by atomic mass is 32.2. The molecule has 0 saturated heterocycles. The fourth-order valence-electron chi connectivity index (χ4n) is 2.42. The lowest BCUT2D eigenvalue weighted by Crippen LogP contribution is -2.11. The fourth-order valence-corrected chi connectivity index (χ4v) is 3.22. The third kappa shape index (κ3) is 5.99. The van der Waals surface area contributed by atoms with Crippen molar-refractivity contribution in [3.63, 3.8) is 0 Å². The average molecular weight is 471 g/mol. The molecule has 0 unspecified atom stereocenters. The summed E-state index contributed by atoms with van der Waals surface area (Å²) in [5, 5.41) is 28.9. The number of rotatable bonds is 8. The summed E-state index contributed by atoms with van der Waals surface area (Å²) in [5.41, 5.74) is 1.07. The standard InChI is InChI=1S/C19H13N5O8S/c25-19(13-10-16(23(26)27)12-17(11-13)24(28)29)21-20-14-6-8-15(9-7-14)22-32-33(30,31)18-4-2-1-3-5-18/h1-12,22H. The number of nitrogens with one attached hydrogen (secondary N) is 1. The number of benzene rings is 3. The van der Waals surface area contributed by atoms with Crippen molar-refractivity contribution in [3.8, 4) is 0 Å². The number of azo groups is 1. The van der Waals surface area contributed by atoms with Crippen LogP contribution in [0.5, 0.6) is 0 Å². The van der Waals surface area contributed by atoms with E-state index in [1.54, 1.807) is 18.2 Å². The molecule has 0 aliphatic rings. The van der Waals surface area contributed by atoms with Crippen molar-refractivity contribution in [2.45, 2.75) is 4.90 Å². The van der Waals surface area contributed by atoms with Gasteiger partial charge in [-0.2, -0.15) is 8.42 Å². The van der Waals surface area contributed by atoms with Gasteiger partial charge in [0.1, 0.15) is 0 Å². The molecule has 0 aliphatic carbocycles. The second-order valence-corrected chi connectivity index (χ2v) is 7.80. The molecule has 168 valence electrons. The Balaban J connectivity index is 1.68. The van der Waals surface area contributed by atoms with Crippen LogP contribution in [0.4, 0.5) is 22.7 Å². The first-order chi connectivity index (χ1) is 15.7. The molecule has 0 aromatic heterocycles. The van der Waals surface area contributed by atoms with E-state index in [9.17, 15) is 33.4 Å². The van der Waals surface area contributed by atoms with E-state index in [0.29, 0.717) is 0 Å². The zero-order chi connectivity index (χ0) is 24.0. The van der Waals surface area contributed by atoms with Gasteiger partial charge in [-0.15, -0.1) is 14.5 Å². The Morgan fingerprint density at radius 2 is 1.45 bits per heavy atom. The number of nitro benzene ring substituents is 2. The third-order valence-corrected chi connectivity index (χ3v) is 5.15. The SMILES string of the molecule is O=C(N=Nc1ccc(NOS(=O)(=O)c2ccccc2)cc1)c1cc([N+](=O)[O-])cc([N+](=O)[O-])c1. The average Bonchev–Trinajstić information content (AvgIpc) is 2.82. The van der Waals surface area contributed by atoms with E-state index in [-0.39, 0.29) is 21.8 Å². The predicted molar refractivity (Wildman–Crippen MR) is 113 cm³/mol. The highest BCUT2D eigenvalue weighted by Crippen LogP contribution is 2.24. The van der Waals surface area contributed by atoms with Crippen LogP contribution in [0.2, 0.25) is 0 Å². The van der Waals surface area contributed by atoms with Gasteiger partial charge in [0.2, 0.25) is 0 Å². The molecule has 0 fully saturated rings. The Kier molecular flexibility index (Phi) is 6.80. The van der Waals surface area contributed by atoms with Crippen LogP contribution in [0.1, 0.15) is 10.4 Å². The molecular weight excluding hydrogens is 458 g/mol. The number of carbonyl (C=O) groups excluding carboxylic acids is 1. The van der Waals surface area contributed by atoms with Gasteiger partial charge < -0.3 is 0 Å². The first-order valence-corrected chi connectivity index (χ1v) is 10.3. The Morgan fingerprint density at radius 3 is 2.00 bits per heavy atom. The number of anilines is 1. The molecule has 3 aromatic rings. The summed E-state index contributed by atoms with van der Waals surface area (Å²) in [7, 11) is -4.03. The van der Waals surface area contributed by atoms with Crippen molar-refractivity contribution in [1.82, 2.24) is 0 Å². The highest BCUT2D eigenvalue weighted by molar-refractivity contribution is 7.86. The smallest absolute Gasteiger partial charge is 0.265 e. The van der Waals surface area contributed by atoms with E-state index in [1.807, 2.05) is 0 Å². The fraction of sp³-hybridized carbons (Fsp3) is 0. The molecule has 3 rings (SSSR count). The van der Waals surface area contributed by atoms with Gasteiger partial charge in [0.05, 0.1) is 37.7 Å². The van der Waals surface area contributed by atoms with Gasteiger partial charge in [-0.3, -0.25) is 25.0 Å². The number of non-ortho nitro benzene ring substituents is 2. The molecular formula is C19H13N5O8S. The number of hydrogen-bond donors (Lipinski definition) is 1. The van der Waals surface area contributed by atoms with Gasteiger partial charge in [-0.25, -0.2) is 5.48 Å². The summed E-state index contributed by atoms with van der Waals surface area (Å²) in [5.74, 6) is -1.03. The second kappa shape index (κ2) is 9.71. The molecule has 0 bridgehead atoms. The Labute approximate surface area is 185 Å².